The third-order valence-corrected chi connectivity index (χ3v) is 2.95. The molecule has 1 heterocycles. The van der Waals surface area contributed by atoms with E-state index in [4.69, 9.17) is 4.74 Å². The van der Waals surface area contributed by atoms with Crippen LogP contribution in [0, 0.1) is 0 Å². The molecule has 1 fully saturated rings. The molecule has 1 aliphatic rings. The lowest BCUT2D eigenvalue weighted by molar-refractivity contribution is -0.125. The minimum absolute atomic E-state index is 0.0348. The summed E-state index contributed by atoms with van der Waals surface area (Å²) in [5.41, 5.74) is 1.22. The molecule has 17 heavy (non-hydrogen) atoms. The molecule has 0 radical (unpaired) electrons. The van der Waals surface area contributed by atoms with Crippen LogP contribution in [0.15, 0.2) is 30.3 Å². The molecule has 4 nitrogen and oxygen atoms in total. The van der Waals surface area contributed by atoms with E-state index in [1.165, 1.54) is 12.8 Å². The number of hydrogen-bond acceptors (Lipinski definition) is 3. The molecule has 4 heteroatoms. The first-order valence-electron chi connectivity index (χ1n) is 5.88. The van der Waals surface area contributed by atoms with Crippen LogP contribution in [-0.2, 0) is 9.53 Å². The Hall–Kier alpha value is -1.55. The molecule has 0 aliphatic carbocycles. The molecule has 0 spiro atoms. The van der Waals surface area contributed by atoms with Gasteiger partial charge in [-0.15, -0.1) is 0 Å². The van der Waals surface area contributed by atoms with E-state index in [0.29, 0.717) is 0 Å². The second kappa shape index (κ2) is 5.68. The first-order chi connectivity index (χ1) is 8.29. The van der Waals surface area contributed by atoms with Crippen LogP contribution in [0.1, 0.15) is 6.42 Å². The molecule has 1 saturated heterocycles. The van der Waals surface area contributed by atoms with Crippen molar-refractivity contribution in [3.05, 3.63) is 30.3 Å². The quantitative estimate of drug-likeness (QED) is 0.846. The lowest BCUT2D eigenvalue weighted by Gasteiger charge is -2.18. The normalized spacial score (nSPS) is 19.4. The molecule has 92 valence electrons. The number of nitrogens with one attached hydrogen (secondary N) is 1. The minimum Gasteiger partial charge on any atom is -0.375 e. The summed E-state index contributed by atoms with van der Waals surface area (Å²) in [6.45, 7) is 2.00. The van der Waals surface area contributed by atoms with Gasteiger partial charge in [0.15, 0.2) is 0 Å². The van der Waals surface area contributed by atoms with Crippen molar-refractivity contribution in [3.63, 3.8) is 0 Å². The number of anilines is 1. The number of carbonyl (C=O) groups excluding carboxylic acids is 1. The summed E-state index contributed by atoms with van der Waals surface area (Å²) >= 11 is 0. The molecular weight excluding hydrogens is 216 g/mol. The predicted octanol–water partition coefficient (Wildman–Crippen LogP) is 1.03. The highest BCUT2D eigenvalue weighted by atomic mass is 16.5. The number of methoxy groups -OCH3 is 1. The zero-order valence-electron chi connectivity index (χ0n) is 10.1. The van der Waals surface area contributed by atoms with Crippen LogP contribution in [-0.4, -0.2) is 38.8 Å². The van der Waals surface area contributed by atoms with Gasteiger partial charge in [0.1, 0.15) is 6.61 Å². The van der Waals surface area contributed by atoms with E-state index in [2.05, 4.69) is 22.3 Å². The Morgan fingerprint density at radius 3 is 2.94 bits per heavy atom. The highest BCUT2D eigenvalue weighted by Gasteiger charge is 2.23. The SMILES string of the molecule is COCC(=O)NC1CCN(c2ccccc2)C1. The molecule has 1 aliphatic heterocycles. The first-order valence-corrected chi connectivity index (χ1v) is 5.88. The van der Waals surface area contributed by atoms with Crippen molar-refractivity contribution < 1.29 is 9.53 Å². The molecule has 1 N–H and O–H groups in total. The number of rotatable bonds is 4. The number of nitrogens with zero attached hydrogens (tertiary/aromatic N) is 1. The van der Waals surface area contributed by atoms with Crippen molar-refractivity contribution in [2.24, 2.45) is 0 Å². The minimum atomic E-state index is -0.0348. The molecule has 1 aromatic rings. The molecule has 0 saturated carbocycles. The summed E-state index contributed by atoms with van der Waals surface area (Å²) in [4.78, 5) is 13.7. The fourth-order valence-corrected chi connectivity index (χ4v) is 2.15. The Kier molecular flexibility index (Phi) is 3.98. The van der Waals surface area contributed by atoms with Crippen molar-refractivity contribution in [2.45, 2.75) is 12.5 Å². The molecule has 1 amide bonds. The van der Waals surface area contributed by atoms with Gasteiger partial charge in [-0.05, 0) is 18.6 Å². The molecule has 0 aromatic heterocycles. The third-order valence-electron chi connectivity index (χ3n) is 2.95. The highest BCUT2D eigenvalue weighted by Crippen LogP contribution is 2.19. The number of para-hydroxylation sites is 1. The van der Waals surface area contributed by atoms with Gasteiger partial charge in [-0.2, -0.15) is 0 Å². The zero-order chi connectivity index (χ0) is 12.1. The van der Waals surface area contributed by atoms with E-state index in [1.807, 2.05) is 18.2 Å². The summed E-state index contributed by atoms with van der Waals surface area (Å²) in [5, 5.41) is 2.97. The Labute approximate surface area is 102 Å². The highest BCUT2D eigenvalue weighted by molar-refractivity contribution is 5.77. The van der Waals surface area contributed by atoms with Crippen LogP contribution in [0.3, 0.4) is 0 Å². The van der Waals surface area contributed by atoms with E-state index in [0.717, 1.165) is 19.5 Å². The summed E-state index contributed by atoms with van der Waals surface area (Å²) in [6, 6.07) is 10.5. The molecule has 1 atom stereocenters. The second-order valence-electron chi connectivity index (χ2n) is 4.27. The van der Waals surface area contributed by atoms with E-state index >= 15 is 0 Å². The maximum absolute atomic E-state index is 11.4. The van der Waals surface area contributed by atoms with Crippen LogP contribution >= 0.6 is 0 Å². The lowest BCUT2D eigenvalue weighted by Crippen LogP contribution is -2.38. The van der Waals surface area contributed by atoms with Gasteiger partial charge < -0.3 is 15.0 Å². The van der Waals surface area contributed by atoms with Crippen molar-refractivity contribution in [1.82, 2.24) is 5.32 Å². The third kappa shape index (κ3) is 3.20. The summed E-state index contributed by atoms with van der Waals surface area (Å²) in [7, 11) is 1.53. The monoisotopic (exact) mass is 234 g/mol. The molecule has 1 unspecified atom stereocenters. The smallest absolute Gasteiger partial charge is 0.246 e. The van der Waals surface area contributed by atoms with Crippen LogP contribution in [0.2, 0.25) is 0 Å². The maximum atomic E-state index is 11.4. The van der Waals surface area contributed by atoms with Crippen LogP contribution in [0.4, 0.5) is 5.69 Å². The average Bonchev–Trinajstić information content (AvgIpc) is 2.79. The Morgan fingerprint density at radius 2 is 2.24 bits per heavy atom. The largest absolute Gasteiger partial charge is 0.375 e. The molecule has 0 bridgehead atoms. The summed E-state index contributed by atoms with van der Waals surface area (Å²) in [6.07, 6.45) is 0.990. The van der Waals surface area contributed by atoms with Crippen molar-refractivity contribution in [3.8, 4) is 0 Å². The number of benzene rings is 1. The van der Waals surface area contributed by atoms with Gasteiger partial charge in [-0.1, -0.05) is 18.2 Å². The van der Waals surface area contributed by atoms with Crippen molar-refractivity contribution in [1.29, 1.82) is 0 Å². The van der Waals surface area contributed by atoms with E-state index in [-0.39, 0.29) is 18.6 Å². The zero-order valence-corrected chi connectivity index (χ0v) is 10.1. The van der Waals surface area contributed by atoms with Gasteiger partial charge in [0.2, 0.25) is 5.91 Å². The average molecular weight is 234 g/mol. The van der Waals surface area contributed by atoms with Gasteiger partial charge in [0.25, 0.3) is 0 Å². The summed E-state index contributed by atoms with van der Waals surface area (Å²) in [5.74, 6) is -0.0348. The second-order valence-corrected chi connectivity index (χ2v) is 4.27. The van der Waals surface area contributed by atoms with Gasteiger partial charge >= 0.3 is 0 Å². The van der Waals surface area contributed by atoms with Gasteiger partial charge in [-0.3, -0.25) is 4.79 Å². The summed E-state index contributed by atoms with van der Waals surface area (Å²) < 4.78 is 4.80. The van der Waals surface area contributed by atoms with Gasteiger partial charge in [0, 0.05) is 31.9 Å². The fourth-order valence-electron chi connectivity index (χ4n) is 2.15. The van der Waals surface area contributed by atoms with E-state index in [1.54, 1.807) is 0 Å². The standard InChI is InChI=1S/C13H18N2O2/c1-17-10-13(16)14-11-7-8-15(9-11)12-5-3-2-4-6-12/h2-6,11H,7-10H2,1H3,(H,14,16). The van der Waals surface area contributed by atoms with Crippen molar-refractivity contribution >= 4 is 11.6 Å². The first kappa shape index (κ1) is 11.9. The maximum Gasteiger partial charge on any atom is 0.246 e. The number of ether oxygens (including phenoxy) is 1. The Balaban J connectivity index is 1.86. The topological polar surface area (TPSA) is 41.6 Å². The molecule has 2 rings (SSSR count). The number of amides is 1. The van der Waals surface area contributed by atoms with Gasteiger partial charge in [0.05, 0.1) is 0 Å². The van der Waals surface area contributed by atoms with Crippen LogP contribution in [0.5, 0.6) is 0 Å². The number of carbonyl (C=O) groups is 1. The van der Waals surface area contributed by atoms with Crippen molar-refractivity contribution in [2.75, 3.05) is 31.7 Å². The van der Waals surface area contributed by atoms with Crippen LogP contribution in [0.25, 0.3) is 0 Å². The van der Waals surface area contributed by atoms with Crippen LogP contribution < -0.4 is 10.2 Å². The van der Waals surface area contributed by atoms with E-state index in [9.17, 15) is 4.79 Å². The lowest BCUT2D eigenvalue weighted by atomic mass is 10.2. The Morgan fingerprint density at radius 1 is 1.47 bits per heavy atom. The fraction of sp³-hybridized carbons (Fsp3) is 0.462. The van der Waals surface area contributed by atoms with E-state index < -0.39 is 0 Å². The number of hydrogen-bond donors (Lipinski definition) is 1. The molecule has 1 aromatic carbocycles. The predicted molar refractivity (Wildman–Crippen MR) is 67.1 cm³/mol. The van der Waals surface area contributed by atoms with Gasteiger partial charge in [-0.25, -0.2) is 0 Å². The molecular formula is C13H18N2O2. The Bertz CT molecular complexity index is 367.